The van der Waals surface area contributed by atoms with Gasteiger partial charge in [-0.3, -0.25) is 4.68 Å². The first-order valence-corrected chi connectivity index (χ1v) is 8.90. The van der Waals surface area contributed by atoms with Gasteiger partial charge in [-0.1, -0.05) is 12.1 Å². The van der Waals surface area contributed by atoms with E-state index < -0.39 is 0 Å². The standard InChI is InChI=1S/C19H20N6O/c1-24-11-14(9-22-24)25-8-4-5-13(10-25)23-19-18-17(20-12-21-19)15-6-2-3-7-16(15)26-18/h2-3,6-7,9,11-13H,4-5,8,10H2,1H3,(H,20,21,23). The van der Waals surface area contributed by atoms with Crippen LogP contribution in [0.2, 0.25) is 0 Å². The van der Waals surface area contributed by atoms with E-state index in [0.717, 1.165) is 59.5 Å². The molecule has 7 nitrogen and oxygen atoms in total. The van der Waals surface area contributed by atoms with E-state index in [1.54, 1.807) is 6.33 Å². The minimum atomic E-state index is 0.301. The monoisotopic (exact) mass is 348 g/mol. The Morgan fingerprint density at radius 3 is 3.04 bits per heavy atom. The van der Waals surface area contributed by atoms with Crippen molar-refractivity contribution in [3.8, 4) is 0 Å². The van der Waals surface area contributed by atoms with Gasteiger partial charge in [0.05, 0.1) is 11.9 Å². The van der Waals surface area contributed by atoms with Crippen molar-refractivity contribution in [1.29, 1.82) is 0 Å². The normalized spacial score (nSPS) is 17.9. The lowest BCUT2D eigenvalue weighted by molar-refractivity contribution is 0.528. The predicted molar refractivity (Wildman–Crippen MR) is 101 cm³/mol. The molecule has 1 aromatic carbocycles. The molecule has 4 aromatic rings. The van der Waals surface area contributed by atoms with E-state index in [1.807, 2.05) is 42.2 Å². The molecule has 1 unspecified atom stereocenters. The van der Waals surface area contributed by atoms with Crippen LogP contribution in [0.15, 0.2) is 47.4 Å². The lowest BCUT2D eigenvalue weighted by atomic mass is 10.1. The summed E-state index contributed by atoms with van der Waals surface area (Å²) < 4.78 is 7.87. The molecule has 1 fully saturated rings. The van der Waals surface area contributed by atoms with Gasteiger partial charge in [0.2, 0.25) is 0 Å². The van der Waals surface area contributed by atoms with Crippen LogP contribution in [0, 0.1) is 0 Å². The van der Waals surface area contributed by atoms with Crippen LogP contribution in [0.1, 0.15) is 12.8 Å². The molecule has 0 radical (unpaired) electrons. The Balaban J connectivity index is 1.43. The first-order valence-electron chi connectivity index (χ1n) is 8.90. The number of nitrogens with one attached hydrogen (secondary N) is 1. The second-order valence-corrected chi connectivity index (χ2v) is 6.80. The maximum Gasteiger partial charge on any atom is 0.196 e. The summed E-state index contributed by atoms with van der Waals surface area (Å²) >= 11 is 0. The highest BCUT2D eigenvalue weighted by atomic mass is 16.3. The van der Waals surface area contributed by atoms with Gasteiger partial charge in [-0.05, 0) is 25.0 Å². The second-order valence-electron chi connectivity index (χ2n) is 6.80. The molecule has 1 atom stereocenters. The van der Waals surface area contributed by atoms with E-state index in [2.05, 4.69) is 31.5 Å². The number of anilines is 2. The number of nitrogens with zero attached hydrogens (tertiary/aromatic N) is 5. The van der Waals surface area contributed by atoms with Crippen molar-refractivity contribution in [2.75, 3.05) is 23.3 Å². The van der Waals surface area contributed by atoms with E-state index >= 15 is 0 Å². The van der Waals surface area contributed by atoms with Crippen LogP contribution in [0.5, 0.6) is 0 Å². The van der Waals surface area contributed by atoms with Crippen molar-refractivity contribution in [3.63, 3.8) is 0 Å². The fourth-order valence-electron chi connectivity index (χ4n) is 3.72. The third kappa shape index (κ3) is 2.56. The number of para-hydroxylation sites is 1. The molecule has 1 N–H and O–H groups in total. The highest BCUT2D eigenvalue weighted by Gasteiger charge is 2.23. The van der Waals surface area contributed by atoms with E-state index in [4.69, 9.17) is 4.42 Å². The summed E-state index contributed by atoms with van der Waals surface area (Å²) in [5.74, 6) is 0.768. The third-order valence-electron chi connectivity index (χ3n) is 4.98. The number of hydrogen-bond donors (Lipinski definition) is 1. The summed E-state index contributed by atoms with van der Waals surface area (Å²) in [4.78, 5) is 11.2. The molecule has 26 heavy (non-hydrogen) atoms. The summed E-state index contributed by atoms with van der Waals surface area (Å²) in [6, 6.07) is 8.27. The topological polar surface area (TPSA) is 72.0 Å². The number of fused-ring (bicyclic) bond motifs is 3. The van der Waals surface area contributed by atoms with Gasteiger partial charge >= 0.3 is 0 Å². The van der Waals surface area contributed by atoms with Crippen LogP contribution in [-0.2, 0) is 7.05 Å². The zero-order chi connectivity index (χ0) is 17.5. The van der Waals surface area contributed by atoms with Crippen LogP contribution in [-0.4, -0.2) is 38.9 Å². The molecule has 5 rings (SSSR count). The average molecular weight is 348 g/mol. The number of hydrogen-bond acceptors (Lipinski definition) is 6. The number of rotatable bonds is 3. The van der Waals surface area contributed by atoms with Crippen LogP contribution >= 0.6 is 0 Å². The third-order valence-corrected chi connectivity index (χ3v) is 4.98. The molecule has 7 heteroatoms. The van der Waals surface area contributed by atoms with Gasteiger partial charge in [0, 0.05) is 37.8 Å². The minimum Gasteiger partial charge on any atom is -0.450 e. The van der Waals surface area contributed by atoms with Crippen molar-refractivity contribution in [2.45, 2.75) is 18.9 Å². The lowest BCUT2D eigenvalue weighted by Gasteiger charge is -2.34. The average Bonchev–Trinajstić information content (AvgIpc) is 3.26. The van der Waals surface area contributed by atoms with Crippen molar-refractivity contribution < 1.29 is 4.42 Å². The Morgan fingerprint density at radius 1 is 1.23 bits per heavy atom. The Morgan fingerprint density at radius 2 is 2.15 bits per heavy atom. The lowest BCUT2D eigenvalue weighted by Crippen LogP contribution is -2.42. The van der Waals surface area contributed by atoms with Gasteiger partial charge in [-0.15, -0.1) is 0 Å². The summed E-state index contributed by atoms with van der Waals surface area (Å²) in [7, 11) is 1.95. The van der Waals surface area contributed by atoms with E-state index in [1.165, 1.54) is 0 Å². The van der Waals surface area contributed by atoms with Gasteiger partial charge < -0.3 is 14.6 Å². The van der Waals surface area contributed by atoms with Gasteiger partial charge in [0.15, 0.2) is 11.4 Å². The first kappa shape index (κ1) is 15.2. The fraction of sp³-hybridized carbons (Fsp3) is 0.316. The van der Waals surface area contributed by atoms with Crippen molar-refractivity contribution >= 4 is 33.6 Å². The van der Waals surface area contributed by atoms with Gasteiger partial charge in [0.25, 0.3) is 0 Å². The van der Waals surface area contributed by atoms with Gasteiger partial charge in [0.1, 0.15) is 17.4 Å². The molecule has 132 valence electrons. The molecular formula is C19H20N6O. The molecule has 1 saturated heterocycles. The molecule has 1 aliphatic rings. The molecule has 0 spiro atoms. The van der Waals surface area contributed by atoms with Crippen LogP contribution in [0.25, 0.3) is 22.1 Å². The molecular weight excluding hydrogens is 328 g/mol. The molecule has 0 amide bonds. The highest BCUT2D eigenvalue weighted by molar-refractivity contribution is 6.05. The Labute approximate surface area is 150 Å². The smallest absolute Gasteiger partial charge is 0.196 e. The molecule has 0 saturated carbocycles. The number of benzene rings is 1. The van der Waals surface area contributed by atoms with Gasteiger partial charge in [-0.2, -0.15) is 5.10 Å². The maximum absolute atomic E-state index is 6.03. The van der Waals surface area contributed by atoms with Crippen LogP contribution in [0.4, 0.5) is 11.5 Å². The minimum absolute atomic E-state index is 0.301. The molecule has 0 aliphatic carbocycles. The van der Waals surface area contributed by atoms with Crippen LogP contribution in [0.3, 0.4) is 0 Å². The molecule has 3 aromatic heterocycles. The molecule has 0 bridgehead atoms. The SMILES string of the molecule is Cn1cc(N2CCCC(Nc3ncnc4c3oc3ccccc34)C2)cn1. The maximum atomic E-state index is 6.03. The summed E-state index contributed by atoms with van der Waals surface area (Å²) in [6.07, 6.45) is 7.81. The Bertz CT molecular complexity index is 1070. The van der Waals surface area contributed by atoms with Crippen LogP contribution < -0.4 is 10.2 Å². The number of aromatic nitrogens is 4. The zero-order valence-electron chi connectivity index (χ0n) is 14.6. The Kier molecular flexibility index (Phi) is 3.51. The van der Waals surface area contributed by atoms with E-state index in [9.17, 15) is 0 Å². The Hall–Kier alpha value is -3.09. The predicted octanol–water partition coefficient (Wildman–Crippen LogP) is 3.19. The number of piperidine rings is 1. The first-order chi connectivity index (χ1) is 12.8. The van der Waals surface area contributed by atoms with Gasteiger partial charge in [-0.25, -0.2) is 9.97 Å². The second kappa shape index (κ2) is 6.01. The van der Waals surface area contributed by atoms with Crippen molar-refractivity contribution in [2.24, 2.45) is 7.05 Å². The largest absolute Gasteiger partial charge is 0.450 e. The summed E-state index contributed by atoms with van der Waals surface area (Å²) in [6.45, 7) is 1.96. The fourth-order valence-corrected chi connectivity index (χ4v) is 3.72. The highest BCUT2D eigenvalue weighted by Crippen LogP contribution is 2.31. The summed E-state index contributed by atoms with van der Waals surface area (Å²) in [5, 5.41) is 8.88. The zero-order valence-corrected chi connectivity index (χ0v) is 14.6. The number of furan rings is 1. The quantitative estimate of drug-likeness (QED) is 0.613. The molecule has 4 heterocycles. The summed E-state index contributed by atoms with van der Waals surface area (Å²) in [5.41, 5.74) is 3.59. The van der Waals surface area contributed by atoms with Crippen molar-refractivity contribution in [1.82, 2.24) is 19.7 Å². The number of aryl methyl sites for hydroxylation is 1. The van der Waals surface area contributed by atoms with E-state index in [0.29, 0.717) is 6.04 Å². The van der Waals surface area contributed by atoms with Crippen molar-refractivity contribution in [3.05, 3.63) is 43.0 Å². The molecule has 1 aliphatic heterocycles. The van der Waals surface area contributed by atoms with E-state index in [-0.39, 0.29) is 0 Å².